The monoisotopic (exact) mass is 322 g/mol. The van der Waals surface area contributed by atoms with Gasteiger partial charge in [-0.3, -0.25) is 4.90 Å². The fourth-order valence-corrected chi connectivity index (χ4v) is 3.30. The Morgan fingerprint density at radius 1 is 1.36 bits per heavy atom. The zero-order valence-electron chi connectivity index (χ0n) is 13.3. The number of nitrogens with zero attached hydrogens (tertiary/aromatic N) is 4. The Hall–Kier alpha value is -1.31. The van der Waals surface area contributed by atoms with Gasteiger partial charge in [-0.25, -0.2) is 4.98 Å². The maximum absolute atomic E-state index is 5.56. The van der Waals surface area contributed by atoms with Crippen LogP contribution >= 0.6 is 11.3 Å². The number of ether oxygens (including phenoxy) is 1. The highest BCUT2D eigenvalue weighted by Gasteiger charge is 2.24. The summed E-state index contributed by atoms with van der Waals surface area (Å²) < 4.78 is 10.9. The van der Waals surface area contributed by atoms with Crippen molar-refractivity contribution in [2.45, 2.75) is 51.8 Å². The van der Waals surface area contributed by atoms with Gasteiger partial charge < -0.3 is 9.26 Å². The van der Waals surface area contributed by atoms with Crippen LogP contribution < -0.4 is 0 Å². The largest absolute Gasteiger partial charge is 0.368 e. The van der Waals surface area contributed by atoms with Gasteiger partial charge in [-0.15, -0.1) is 11.3 Å². The first-order valence-electron chi connectivity index (χ1n) is 7.68. The predicted octanol–water partition coefficient (Wildman–Crippen LogP) is 3.13. The van der Waals surface area contributed by atoms with Gasteiger partial charge in [0, 0.05) is 24.4 Å². The minimum absolute atomic E-state index is 0.0151. The third-order valence-corrected chi connectivity index (χ3v) is 4.79. The standard InChI is InChI=1S/C15H22N4O2S/c1-10(2)15-16-11(9-22-15)7-19(3)8-13-17-14(21-18-13)12-5-4-6-20-12/h9-10,12H,4-8H2,1-3H3. The minimum Gasteiger partial charge on any atom is -0.368 e. The number of thiazole rings is 1. The molecule has 1 saturated heterocycles. The Balaban J connectivity index is 1.55. The van der Waals surface area contributed by atoms with Crippen molar-refractivity contribution < 1.29 is 9.26 Å². The molecular weight excluding hydrogens is 300 g/mol. The maximum Gasteiger partial charge on any atom is 0.255 e. The molecule has 22 heavy (non-hydrogen) atoms. The summed E-state index contributed by atoms with van der Waals surface area (Å²) in [5.41, 5.74) is 1.10. The first-order chi connectivity index (χ1) is 10.6. The highest BCUT2D eigenvalue weighted by atomic mass is 32.1. The molecule has 120 valence electrons. The Morgan fingerprint density at radius 2 is 2.23 bits per heavy atom. The average Bonchev–Trinajstić information content (AvgIpc) is 3.18. The van der Waals surface area contributed by atoms with Crippen molar-refractivity contribution in [3.8, 4) is 0 Å². The molecule has 0 N–H and O–H groups in total. The molecule has 0 saturated carbocycles. The van der Waals surface area contributed by atoms with Crippen molar-refractivity contribution in [3.63, 3.8) is 0 Å². The Labute approximate surface area is 134 Å². The van der Waals surface area contributed by atoms with E-state index in [9.17, 15) is 0 Å². The van der Waals surface area contributed by atoms with Crippen LogP contribution in [-0.4, -0.2) is 33.7 Å². The quantitative estimate of drug-likeness (QED) is 0.814. The van der Waals surface area contributed by atoms with Gasteiger partial charge >= 0.3 is 0 Å². The van der Waals surface area contributed by atoms with Crippen LogP contribution in [0.2, 0.25) is 0 Å². The van der Waals surface area contributed by atoms with Gasteiger partial charge in [0.05, 0.1) is 17.2 Å². The van der Waals surface area contributed by atoms with Crippen molar-refractivity contribution in [1.82, 2.24) is 20.0 Å². The SMILES string of the molecule is CC(C)c1nc(CN(C)Cc2noc(C3CCCO3)n2)cs1. The van der Waals surface area contributed by atoms with E-state index in [2.05, 4.69) is 39.3 Å². The van der Waals surface area contributed by atoms with Crippen molar-refractivity contribution in [2.24, 2.45) is 0 Å². The summed E-state index contributed by atoms with van der Waals surface area (Å²) >= 11 is 1.72. The summed E-state index contributed by atoms with van der Waals surface area (Å²) in [6.45, 7) is 6.54. The zero-order valence-corrected chi connectivity index (χ0v) is 14.1. The van der Waals surface area contributed by atoms with Crippen LogP contribution in [0.25, 0.3) is 0 Å². The van der Waals surface area contributed by atoms with Gasteiger partial charge in [0.1, 0.15) is 6.10 Å². The van der Waals surface area contributed by atoms with Crippen molar-refractivity contribution >= 4 is 11.3 Å². The summed E-state index contributed by atoms with van der Waals surface area (Å²) in [4.78, 5) is 11.2. The van der Waals surface area contributed by atoms with E-state index in [-0.39, 0.29) is 6.10 Å². The van der Waals surface area contributed by atoms with E-state index in [0.29, 0.717) is 24.2 Å². The predicted molar refractivity (Wildman–Crippen MR) is 83.6 cm³/mol. The van der Waals surface area contributed by atoms with Crippen LogP contribution in [0, 0.1) is 0 Å². The number of hydrogen-bond acceptors (Lipinski definition) is 7. The molecule has 0 bridgehead atoms. The van der Waals surface area contributed by atoms with Gasteiger partial charge in [0.25, 0.3) is 5.89 Å². The lowest BCUT2D eigenvalue weighted by Gasteiger charge is -2.12. The first-order valence-corrected chi connectivity index (χ1v) is 8.56. The molecule has 0 aliphatic carbocycles. The van der Waals surface area contributed by atoms with E-state index in [1.54, 1.807) is 11.3 Å². The van der Waals surface area contributed by atoms with Crippen LogP contribution in [0.5, 0.6) is 0 Å². The van der Waals surface area contributed by atoms with Gasteiger partial charge in [0.2, 0.25) is 0 Å². The Morgan fingerprint density at radius 3 is 2.91 bits per heavy atom. The van der Waals surface area contributed by atoms with Crippen LogP contribution in [0.3, 0.4) is 0 Å². The highest BCUT2D eigenvalue weighted by Crippen LogP contribution is 2.27. The third kappa shape index (κ3) is 3.71. The molecule has 0 radical (unpaired) electrons. The molecule has 0 spiro atoms. The summed E-state index contributed by atoms with van der Waals surface area (Å²) in [5.74, 6) is 1.79. The van der Waals surface area contributed by atoms with Crippen molar-refractivity contribution in [1.29, 1.82) is 0 Å². The van der Waals surface area contributed by atoms with E-state index in [4.69, 9.17) is 9.26 Å². The summed E-state index contributed by atoms with van der Waals surface area (Å²) in [6.07, 6.45) is 2.01. The van der Waals surface area contributed by atoms with Gasteiger partial charge in [-0.1, -0.05) is 19.0 Å². The van der Waals surface area contributed by atoms with Crippen molar-refractivity contribution in [2.75, 3.05) is 13.7 Å². The molecule has 3 rings (SSSR count). The van der Waals surface area contributed by atoms with Gasteiger partial charge in [0.15, 0.2) is 5.82 Å². The molecule has 2 aromatic heterocycles. The fraction of sp³-hybridized carbons (Fsp3) is 0.667. The Kier molecular flexibility index (Phi) is 4.85. The summed E-state index contributed by atoms with van der Waals surface area (Å²) in [7, 11) is 2.04. The van der Waals surface area contributed by atoms with Crippen LogP contribution in [0.1, 0.15) is 61.1 Å². The summed E-state index contributed by atoms with van der Waals surface area (Å²) in [5, 5.41) is 7.36. The molecule has 6 nitrogen and oxygen atoms in total. The minimum atomic E-state index is -0.0151. The molecule has 1 fully saturated rings. The lowest BCUT2D eigenvalue weighted by Crippen LogP contribution is -2.18. The fourth-order valence-electron chi connectivity index (χ4n) is 2.47. The second-order valence-corrected chi connectivity index (χ2v) is 6.94. The van der Waals surface area contributed by atoms with Gasteiger partial charge in [-0.05, 0) is 19.9 Å². The van der Waals surface area contributed by atoms with Crippen molar-refractivity contribution in [3.05, 3.63) is 27.8 Å². The summed E-state index contributed by atoms with van der Waals surface area (Å²) in [6, 6.07) is 0. The molecule has 1 aliphatic rings. The first kappa shape index (κ1) is 15.6. The van der Waals surface area contributed by atoms with Gasteiger partial charge in [-0.2, -0.15) is 4.98 Å². The maximum atomic E-state index is 5.56. The Bertz CT molecular complexity index is 604. The lowest BCUT2D eigenvalue weighted by molar-refractivity contribution is 0.0835. The molecule has 1 aliphatic heterocycles. The normalized spacial score (nSPS) is 18.7. The molecule has 1 unspecified atom stereocenters. The van der Waals surface area contributed by atoms with Crippen LogP contribution in [-0.2, 0) is 17.8 Å². The highest BCUT2D eigenvalue weighted by molar-refractivity contribution is 7.09. The third-order valence-electron chi connectivity index (χ3n) is 3.60. The molecule has 0 amide bonds. The topological polar surface area (TPSA) is 64.3 Å². The number of rotatable bonds is 6. The van der Waals surface area contributed by atoms with E-state index >= 15 is 0 Å². The smallest absolute Gasteiger partial charge is 0.255 e. The molecule has 7 heteroatoms. The second-order valence-electron chi connectivity index (χ2n) is 6.05. The lowest BCUT2D eigenvalue weighted by atomic mass is 10.2. The van der Waals surface area contributed by atoms with Crippen LogP contribution in [0.4, 0.5) is 0 Å². The number of hydrogen-bond donors (Lipinski definition) is 0. The molecular formula is C15H22N4O2S. The van der Waals surface area contributed by atoms with E-state index in [0.717, 1.165) is 31.7 Å². The van der Waals surface area contributed by atoms with E-state index < -0.39 is 0 Å². The molecule has 0 aromatic carbocycles. The number of aromatic nitrogens is 3. The average molecular weight is 322 g/mol. The molecule has 1 atom stereocenters. The van der Waals surface area contributed by atoms with E-state index in [1.165, 1.54) is 5.01 Å². The van der Waals surface area contributed by atoms with Crippen LogP contribution in [0.15, 0.2) is 9.90 Å². The zero-order chi connectivity index (χ0) is 15.5. The second kappa shape index (κ2) is 6.85. The molecule has 3 heterocycles. The van der Waals surface area contributed by atoms with E-state index in [1.807, 2.05) is 7.05 Å². The molecule has 2 aromatic rings.